The fourth-order valence-corrected chi connectivity index (χ4v) is 3.02. The molecule has 1 atom stereocenters. The standard InChI is InChI=1S/C22H23N3O4/c1-4-18(22(27)23-16-10-12-19(28-2)20(14-16)29-3)25-21(26)13-11-17(24-25)15-8-6-5-7-9-15/h5-14,18H,4H2,1-3H3,(H,23,27)/t18-/m0/s1. The molecule has 0 saturated carbocycles. The number of hydrogen-bond donors (Lipinski definition) is 1. The minimum absolute atomic E-state index is 0.334. The van der Waals surface area contributed by atoms with Gasteiger partial charge in [-0.3, -0.25) is 9.59 Å². The third kappa shape index (κ3) is 4.45. The van der Waals surface area contributed by atoms with Gasteiger partial charge < -0.3 is 14.8 Å². The summed E-state index contributed by atoms with van der Waals surface area (Å²) in [6.07, 6.45) is 0.407. The summed E-state index contributed by atoms with van der Waals surface area (Å²) in [5, 5.41) is 7.27. The van der Waals surface area contributed by atoms with Crippen LogP contribution in [0.5, 0.6) is 11.5 Å². The van der Waals surface area contributed by atoms with Gasteiger partial charge in [-0.2, -0.15) is 5.10 Å². The number of aromatic nitrogens is 2. The largest absolute Gasteiger partial charge is 0.493 e. The van der Waals surface area contributed by atoms with E-state index in [2.05, 4.69) is 10.4 Å². The van der Waals surface area contributed by atoms with Gasteiger partial charge in [0.15, 0.2) is 11.5 Å². The number of hydrogen-bond acceptors (Lipinski definition) is 5. The van der Waals surface area contributed by atoms with Gasteiger partial charge in [-0.25, -0.2) is 4.68 Å². The second-order valence-corrected chi connectivity index (χ2v) is 6.35. The number of nitrogens with zero attached hydrogens (tertiary/aromatic N) is 2. The van der Waals surface area contributed by atoms with E-state index in [1.807, 2.05) is 37.3 Å². The highest BCUT2D eigenvalue weighted by Gasteiger charge is 2.22. The van der Waals surface area contributed by atoms with E-state index < -0.39 is 6.04 Å². The molecule has 0 bridgehead atoms. The Bertz CT molecular complexity index is 1050. The van der Waals surface area contributed by atoms with Crippen LogP contribution in [0.25, 0.3) is 11.3 Å². The van der Waals surface area contributed by atoms with Gasteiger partial charge in [0.2, 0.25) is 5.91 Å². The van der Waals surface area contributed by atoms with Gasteiger partial charge in [0.05, 0.1) is 19.9 Å². The molecule has 7 heteroatoms. The average Bonchev–Trinajstić information content (AvgIpc) is 2.76. The van der Waals surface area contributed by atoms with Crippen LogP contribution in [0.3, 0.4) is 0 Å². The maximum atomic E-state index is 12.9. The first-order valence-electron chi connectivity index (χ1n) is 9.25. The fraction of sp³-hybridized carbons (Fsp3) is 0.227. The van der Waals surface area contributed by atoms with Crippen LogP contribution in [0.4, 0.5) is 5.69 Å². The summed E-state index contributed by atoms with van der Waals surface area (Å²) in [5.41, 5.74) is 1.70. The number of amides is 1. The number of ether oxygens (including phenoxy) is 2. The Morgan fingerprint density at radius 3 is 2.41 bits per heavy atom. The predicted molar refractivity (Wildman–Crippen MR) is 111 cm³/mol. The summed E-state index contributed by atoms with van der Waals surface area (Å²) in [6, 6.07) is 16.9. The molecule has 0 radical (unpaired) electrons. The average molecular weight is 393 g/mol. The van der Waals surface area contributed by atoms with Crippen molar-refractivity contribution in [3.8, 4) is 22.8 Å². The molecule has 0 fully saturated rings. The van der Waals surface area contributed by atoms with Crippen molar-refractivity contribution in [2.24, 2.45) is 0 Å². The van der Waals surface area contributed by atoms with Crippen molar-refractivity contribution in [3.63, 3.8) is 0 Å². The highest BCUT2D eigenvalue weighted by Crippen LogP contribution is 2.30. The Hall–Kier alpha value is -3.61. The van der Waals surface area contributed by atoms with E-state index in [-0.39, 0.29) is 11.5 Å². The zero-order chi connectivity index (χ0) is 20.8. The first kappa shape index (κ1) is 20.1. The molecule has 29 heavy (non-hydrogen) atoms. The number of carbonyl (C=O) groups is 1. The second-order valence-electron chi connectivity index (χ2n) is 6.35. The van der Waals surface area contributed by atoms with Crippen molar-refractivity contribution in [1.82, 2.24) is 9.78 Å². The minimum atomic E-state index is -0.751. The molecule has 0 unspecified atom stereocenters. The molecule has 1 aromatic heterocycles. The number of benzene rings is 2. The van der Waals surface area contributed by atoms with Crippen molar-refractivity contribution in [2.45, 2.75) is 19.4 Å². The maximum Gasteiger partial charge on any atom is 0.267 e. The van der Waals surface area contributed by atoms with Gasteiger partial charge in [-0.1, -0.05) is 37.3 Å². The van der Waals surface area contributed by atoms with Crippen molar-refractivity contribution in [2.75, 3.05) is 19.5 Å². The smallest absolute Gasteiger partial charge is 0.267 e. The predicted octanol–water partition coefficient (Wildman–Crippen LogP) is 3.52. The van der Waals surface area contributed by atoms with E-state index in [4.69, 9.17) is 9.47 Å². The Labute approximate surface area is 168 Å². The van der Waals surface area contributed by atoms with Crippen molar-refractivity contribution in [1.29, 1.82) is 0 Å². The molecule has 1 amide bonds. The number of carbonyl (C=O) groups excluding carboxylic acids is 1. The molecule has 2 aromatic carbocycles. The van der Waals surface area contributed by atoms with Crippen LogP contribution < -0.4 is 20.3 Å². The van der Waals surface area contributed by atoms with E-state index in [1.165, 1.54) is 17.9 Å². The maximum absolute atomic E-state index is 12.9. The Morgan fingerprint density at radius 2 is 1.76 bits per heavy atom. The van der Waals surface area contributed by atoms with Crippen LogP contribution in [0.1, 0.15) is 19.4 Å². The Balaban J connectivity index is 1.89. The number of nitrogens with one attached hydrogen (secondary N) is 1. The highest BCUT2D eigenvalue weighted by atomic mass is 16.5. The normalized spacial score (nSPS) is 11.6. The molecule has 7 nitrogen and oxygen atoms in total. The summed E-state index contributed by atoms with van der Waals surface area (Å²) < 4.78 is 11.7. The molecule has 0 aliphatic rings. The Kier molecular flexibility index (Phi) is 6.29. The molecule has 1 heterocycles. The first-order chi connectivity index (χ1) is 14.1. The molecular weight excluding hydrogens is 370 g/mol. The molecule has 150 valence electrons. The fourth-order valence-electron chi connectivity index (χ4n) is 3.02. The lowest BCUT2D eigenvalue weighted by Gasteiger charge is -2.18. The third-order valence-electron chi connectivity index (χ3n) is 4.53. The summed E-state index contributed by atoms with van der Waals surface area (Å²) in [6.45, 7) is 1.84. The topological polar surface area (TPSA) is 82.4 Å². The van der Waals surface area contributed by atoms with Gasteiger partial charge in [0.25, 0.3) is 5.56 Å². The van der Waals surface area contributed by atoms with E-state index in [0.29, 0.717) is 29.3 Å². The third-order valence-corrected chi connectivity index (χ3v) is 4.53. The number of anilines is 1. The van der Waals surface area contributed by atoms with Crippen molar-refractivity contribution >= 4 is 11.6 Å². The highest BCUT2D eigenvalue weighted by molar-refractivity contribution is 5.94. The summed E-state index contributed by atoms with van der Waals surface area (Å²) in [4.78, 5) is 25.3. The Morgan fingerprint density at radius 1 is 1.03 bits per heavy atom. The molecule has 0 aliphatic carbocycles. The molecule has 3 aromatic rings. The summed E-state index contributed by atoms with van der Waals surface area (Å²) in [5.74, 6) is 0.727. The molecule has 1 N–H and O–H groups in total. The van der Waals surface area contributed by atoms with Crippen LogP contribution in [0, 0.1) is 0 Å². The number of rotatable bonds is 7. The monoisotopic (exact) mass is 393 g/mol. The lowest BCUT2D eigenvalue weighted by Crippen LogP contribution is -2.34. The van der Waals surface area contributed by atoms with Crippen LogP contribution in [-0.2, 0) is 4.79 Å². The summed E-state index contributed by atoms with van der Waals surface area (Å²) >= 11 is 0. The first-order valence-corrected chi connectivity index (χ1v) is 9.25. The quantitative estimate of drug-likeness (QED) is 0.664. The molecular formula is C22H23N3O4. The van der Waals surface area contributed by atoms with Crippen LogP contribution in [0.2, 0.25) is 0 Å². The number of methoxy groups -OCH3 is 2. The van der Waals surface area contributed by atoms with Crippen LogP contribution in [0.15, 0.2) is 65.5 Å². The van der Waals surface area contributed by atoms with Gasteiger partial charge >= 0.3 is 0 Å². The lowest BCUT2D eigenvalue weighted by atomic mass is 10.1. The van der Waals surface area contributed by atoms with E-state index in [0.717, 1.165) is 5.56 Å². The summed E-state index contributed by atoms with van der Waals surface area (Å²) in [7, 11) is 3.07. The van der Waals surface area contributed by atoms with Crippen molar-refractivity contribution in [3.05, 3.63) is 71.0 Å². The molecule has 0 saturated heterocycles. The van der Waals surface area contributed by atoms with E-state index >= 15 is 0 Å². The van der Waals surface area contributed by atoms with Crippen molar-refractivity contribution < 1.29 is 14.3 Å². The van der Waals surface area contributed by atoms with Gasteiger partial charge in [-0.05, 0) is 24.6 Å². The van der Waals surface area contributed by atoms with Gasteiger partial charge in [0.1, 0.15) is 6.04 Å². The van der Waals surface area contributed by atoms with Crippen LogP contribution in [-0.4, -0.2) is 29.9 Å². The van der Waals surface area contributed by atoms with Gasteiger partial charge in [0, 0.05) is 23.4 Å². The zero-order valence-corrected chi connectivity index (χ0v) is 16.6. The molecule has 0 aliphatic heterocycles. The van der Waals surface area contributed by atoms with E-state index in [1.54, 1.807) is 31.4 Å². The molecule has 0 spiro atoms. The van der Waals surface area contributed by atoms with E-state index in [9.17, 15) is 9.59 Å². The lowest BCUT2D eigenvalue weighted by molar-refractivity contribution is -0.119. The minimum Gasteiger partial charge on any atom is -0.493 e. The second kappa shape index (κ2) is 9.05. The SMILES string of the molecule is CC[C@@H](C(=O)Nc1ccc(OC)c(OC)c1)n1nc(-c2ccccc2)ccc1=O. The molecule has 3 rings (SSSR count). The van der Waals surface area contributed by atoms with Gasteiger partial charge in [-0.15, -0.1) is 0 Å². The zero-order valence-electron chi connectivity index (χ0n) is 16.6. The van der Waals surface area contributed by atoms with Crippen LogP contribution >= 0.6 is 0 Å².